The number of alkyl halides is 3. The molecular weight excluding hydrogens is 318 g/mol. The second-order valence-corrected chi connectivity index (χ2v) is 7.16. The standard InChI is InChI=1S/C18H13F3NP/c19-18(20,21)14-11-17(13-22-12-14)23(15-7-3-1-4-8-15)16-9-5-2-6-10-16/h1-13H. The van der Waals surface area contributed by atoms with Gasteiger partial charge in [0.1, 0.15) is 0 Å². The minimum absolute atomic E-state index is 0.590. The van der Waals surface area contributed by atoms with Crippen molar-refractivity contribution in [1.29, 1.82) is 0 Å². The maximum atomic E-state index is 13.0. The van der Waals surface area contributed by atoms with E-state index >= 15 is 0 Å². The fourth-order valence-electron chi connectivity index (χ4n) is 2.31. The Balaban J connectivity index is 2.14. The van der Waals surface area contributed by atoms with E-state index in [1.807, 2.05) is 60.7 Å². The van der Waals surface area contributed by atoms with Crippen LogP contribution in [0.5, 0.6) is 0 Å². The summed E-state index contributed by atoms with van der Waals surface area (Å²) in [6.45, 7) is 0. The SMILES string of the molecule is FC(F)(F)c1cncc(P(c2ccccc2)c2ccccc2)c1. The summed E-state index contributed by atoms with van der Waals surface area (Å²) in [5, 5.41) is 2.58. The zero-order valence-electron chi connectivity index (χ0n) is 12.0. The summed E-state index contributed by atoms with van der Waals surface area (Å²) in [4.78, 5) is 3.82. The number of aromatic nitrogens is 1. The predicted octanol–water partition coefficient (Wildman–Crippen LogP) is 3.86. The Morgan fingerprint density at radius 2 is 1.22 bits per heavy atom. The van der Waals surface area contributed by atoms with Gasteiger partial charge in [0.2, 0.25) is 0 Å². The van der Waals surface area contributed by atoms with Gasteiger partial charge in [-0.05, 0) is 24.6 Å². The van der Waals surface area contributed by atoms with Gasteiger partial charge in [-0.3, -0.25) is 4.98 Å². The second-order valence-electron chi connectivity index (χ2n) is 4.94. The lowest BCUT2D eigenvalue weighted by molar-refractivity contribution is -0.137. The normalized spacial score (nSPS) is 11.7. The number of hydrogen-bond donors (Lipinski definition) is 0. The summed E-state index contributed by atoms with van der Waals surface area (Å²) in [6.07, 6.45) is -1.99. The zero-order chi connectivity index (χ0) is 16.3. The molecule has 0 unspecified atom stereocenters. The van der Waals surface area contributed by atoms with Gasteiger partial charge in [0.05, 0.1) is 5.56 Å². The highest BCUT2D eigenvalue weighted by Gasteiger charge is 2.32. The monoisotopic (exact) mass is 331 g/mol. The third-order valence-corrected chi connectivity index (χ3v) is 5.73. The van der Waals surface area contributed by atoms with Crippen LogP contribution in [0.3, 0.4) is 0 Å². The maximum Gasteiger partial charge on any atom is 0.417 e. The summed E-state index contributed by atoms with van der Waals surface area (Å²) >= 11 is 0. The molecule has 0 fully saturated rings. The summed E-state index contributed by atoms with van der Waals surface area (Å²) in [5.41, 5.74) is -0.714. The Morgan fingerprint density at radius 1 is 0.696 bits per heavy atom. The van der Waals surface area contributed by atoms with Gasteiger partial charge in [0.15, 0.2) is 0 Å². The van der Waals surface area contributed by atoms with Crippen molar-refractivity contribution in [2.75, 3.05) is 0 Å². The van der Waals surface area contributed by atoms with Gasteiger partial charge < -0.3 is 0 Å². The maximum absolute atomic E-state index is 13.0. The van der Waals surface area contributed by atoms with Gasteiger partial charge in [0.25, 0.3) is 0 Å². The first-order valence-corrected chi connectivity index (χ1v) is 8.32. The van der Waals surface area contributed by atoms with Crippen molar-refractivity contribution in [3.05, 3.63) is 84.7 Å². The van der Waals surface area contributed by atoms with Crippen molar-refractivity contribution in [3.63, 3.8) is 0 Å². The Morgan fingerprint density at radius 3 is 1.70 bits per heavy atom. The molecule has 0 atom stereocenters. The van der Waals surface area contributed by atoms with E-state index in [9.17, 15) is 13.2 Å². The highest BCUT2D eigenvalue weighted by atomic mass is 31.1. The molecule has 2 aromatic carbocycles. The smallest absolute Gasteiger partial charge is 0.263 e. The van der Waals surface area contributed by atoms with Crippen molar-refractivity contribution >= 4 is 23.8 Å². The lowest BCUT2D eigenvalue weighted by atomic mass is 10.3. The molecule has 0 N–H and O–H groups in total. The molecule has 1 nitrogen and oxygen atoms in total. The third-order valence-electron chi connectivity index (χ3n) is 3.34. The van der Waals surface area contributed by atoms with Crippen LogP contribution in [0.4, 0.5) is 13.2 Å². The summed E-state index contributed by atoms with van der Waals surface area (Å²) in [5.74, 6) is 0. The van der Waals surface area contributed by atoms with Gasteiger partial charge in [0, 0.05) is 17.7 Å². The topological polar surface area (TPSA) is 12.9 Å². The zero-order valence-corrected chi connectivity index (χ0v) is 12.9. The van der Waals surface area contributed by atoms with Crippen molar-refractivity contribution in [2.45, 2.75) is 6.18 Å². The molecule has 0 aliphatic carbocycles. The van der Waals surface area contributed by atoms with Gasteiger partial charge in [-0.2, -0.15) is 13.2 Å². The molecule has 0 spiro atoms. The second kappa shape index (κ2) is 6.51. The van der Waals surface area contributed by atoms with Crippen molar-refractivity contribution < 1.29 is 13.2 Å². The quantitative estimate of drug-likeness (QED) is 0.664. The summed E-state index contributed by atoms with van der Waals surface area (Å²) < 4.78 is 39.0. The minimum atomic E-state index is -4.39. The molecule has 3 aromatic rings. The fourth-order valence-corrected chi connectivity index (χ4v) is 4.59. The molecular formula is C18H13F3NP. The van der Waals surface area contributed by atoms with Gasteiger partial charge in [-0.1, -0.05) is 60.7 Å². The van der Waals surface area contributed by atoms with Gasteiger partial charge >= 0.3 is 6.18 Å². The Bertz CT molecular complexity index is 734. The van der Waals surface area contributed by atoms with E-state index in [1.54, 1.807) is 0 Å². The van der Waals surface area contributed by atoms with Crippen LogP contribution < -0.4 is 15.9 Å². The van der Waals surface area contributed by atoms with Crippen molar-refractivity contribution in [1.82, 2.24) is 4.98 Å². The summed E-state index contributed by atoms with van der Waals surface area (Å²) in [6, 6.07) is 20.4. The predicted molar refractivity (Wildman–Crippen MR) is 87.9 cm³/mol. The molecule has 0 amide bonds. The molecule has 5 heteroatoms. The van der Waals surface area contributed by atoms with E-state index in [0.717, 1.165) is 16.8 Å². The molecule has 1 heterocycles. The average Bonchev–Trinajstić information content (AvgIpc) is 2.57. The molecule has 3 rings (SSSR count). The van der Waals surface area contributed by atoms with Crippen LogP contribution in [0.15, 0.2) is 79.1 Å². The highest BCUT2D eigenvalue weighted by Crippen LogP contribution is 2.35. The molecule has 1 aromatic heterocycles. The molecule has 0 aliphatic rings. The fraction of sp³-hybridized carbons (Fsp3) is 0.0556. The van der Waals surface area contributed by atoms with E-state index in [4.69, 9.17) is 0 Å². The van der Waals surface area contributed by atoms with E-state index in [1.165, 1.54) is 12.3 Å². The minimum Gasteiger partial charge on any atom is -0.263 e. The van der Waals surface area contributed by atoms with Crippen LogP contribution in [-0.2, 0) is 6.18 Å². The third kappa shape index (κ3) is 3.59. The first-order chi connectivity index (χ1) is 11.1. The number of halogens is 3. The van der Waals surface area contributed by atoms with E-state index in [2.05, 4.69) is 4.98 Å². The largest absolute Gasteiger partial charge is 0.417 e. The van der Waals surface area contributed by atoms with Crippen LogP contribution in [0.2, 0.25) is 0 Å². The number of pyridine rings is 1. The summed E-state index contributed by atoms with van der Waals surface area (Å²) in [7, 11) is -1.07. The first-order valence-electron chi connectivity index (χ1n) is 6.98. The van der Waals surface area contributed by atoms with Gasteiger partial charge in [-0.15, -0.1) is 0 Å². The van der Waals surface area contributed by atoms with Crippen LogP contribution in [0.1, 0.15) is 5.56 Å². The van der Waals surface area contributed by atoms with E-state index < -0.39 is 19.7 Å². The molecule has 0 saturated carbocycles. The van der Waals surface area contributed by atoms with E-state index in [-0.39, 0.29) is 0 Å². The Kier molecular flexibility index (Phi) is 4.44. The first kappa shape index (κ1) is 15.7. The lowest BCUT2D eigenvalue weighted by Crippen LogP contribution is -2.22. The molecule has 23 heavy (non-hydrogen) atoms. The number of benzene rings is 2. The van der Waals surface area contributed by atoms with Crippen molar-refractivity contribution in [3.8, 4) is 0 Å². The van der Waals surface area contributed by atoms with Crippen molar-refractivity contribution in [2.24, 2.45) is 0 Å². The van der Waals surface area contributed by atoms with Crippen LogP contribution in [0, 0.1) is 0 Å². The number of rotatable bonds is 3. The molecule has 0 aliphatic heterocycles. The molecule has 0 bridgehead atoms. The van der Waals surface area contributed by atoms with E-state index in [0.29, 0.717) is 5.30 Å². The Hall–Kier alpha value is -2.19. The Labute approximate surface area is 133 Å². The van der Waals surface area contributed by atoms with Crippen LogP contribution >= 0.6 is 7.92 Å². The van der Waals surface area contributed by atoms with Crippen LogP contribution in [-0.4, -0.2) is 4.98 Å². The number of nitrogens with zero attached hydrogens (tertiary/aromatic N) is 1. The average molecular weight is 331 g/mol. The molecule has 0 radical (unpaired) electrons. The molecule has 116 valence electrons. The highest BCUT2D eigenvalue weighted by molar-refractivity contribution is 7.79. The lowest BCUT2D eigenvalue weighted by Gasteiger charge is -2.19. The molecule has 0 saturated heterocycles. The number of hydrogen-bond acceptors (Lipinski definition) is 1. The van der Waals surface area contributed by atoms with Crippen LogP contribution in [0.25, 0.3) is 0 Å². The van der Waals surface area contributed by atoms with Gasteiger partial charge in [-0.25, -0.2) is 0 Å².